The Morgan fingerprint density at radius 1 is 0.969 bits per heavy atom. The summed E-state index contributed by atoms with van der Waals surface area (Å²) in [7, 11) is -3.77. The number of aliphatic hydroxyl groups excluding tert-OH is 1. The SMILES string of the molecule is Cc1ccc(S(=O)(=O)N[C@@H]2CCC[C@H](n3c4ccccc4c4ccc(F)cc43)[C@H]2O)cc1. The summed E-state index contributed by atoms with van der Waals surface area (Å²) in [5.74, 6) is -0.344. The largest absolute Gasteiger partial charge is 0.389 e. The monoisotopic (exact) mass is 452 g/mol. The van der Waals surface area contributed by atoms with Gasteiger partial charge in [0.25, 0.3) is 0 Å². The fourth-order valence-electron chi connectivity index (χ4n) is 4.88. The second-order valence-corrected chi connectivity index (χ2v) is 10.3. The molecule has 1 aromatic heterocycles. The van der Waals surface area contributed by atoms with Crippen LogP contribution in [0.3, 0.4) is 0 Å². The van der Waals surface area contributed by atoms with Crippen LogP contribution >= 0.6 is 0 Å². The van der Waals surface area contributed by atoms with Crippen LogP contribution in [0.1, 0.15) is 30.9 Å². The number of aryl methyl sites for hydroxylation is 1. The van der Waals surface area contributed by atoms with Crippen LogP contribution in [-0.2, 0) is 10.0 Å². The number of hydrogen-bond acceptors (Lipinski definition) is 3. The first-order valence-electron chi connectivity index (χ1n) is 10.8. The first kappa shape index (κ1) is 21.1. The van der Waals surface area contributed by atoms with Crippen molar-refractivity contribution in [2.24, 2.45) is 0 Å². The number of fused-ring (bicyclic) bond motifs is 3. The average Bonchev–Trinajstić information content (AvgIpc) is 3.09. The lowest BCUT2D eigenvalue weighted by atomic mass is 9.88. The van der Waals surface area contributed by atoms with E-state index in [2.05, 4.69) is 4.72 Å². The minimum atomic E-state index is -3.77. The molecule has 0 aliphatic heterocycles. The Balaban J connectivity index is 1.53. The number of rotatable bonds is 4. The summed E-state index contributed by atoms with van der Waals surface area (Å²) in [6.07, 6.45) is 1.00. The number of aliphatic hydroxyl groups is 1. The summed E-state index contributed by atoms with van der Waals surface area (Å²) >= 11 is 0. The number of para-hydroxylation sites is 1. The van der Waals surface area contributed by atoms with Gasteiger partial charge in [0.2, 0.25) is 10.0 Å². The number of benzene rings is 3. The van der Waals surface area contributed by atoms with Gasteiger partial charge in [-0.15, -0.1) is 0 Å². The van der Waals surface area contributed by atoms with E-state index in [1.807, 2.05) is 35.8 Å². The fourth-order valence-corrected chi connectivity index (χ4v) is 6.17. The van der Waals surface area contributed by atoms with Gasteiger partial charge >= 0.3 is 0 Å². The minimum Gasteiger partial charge on any atom is -0.389 e. The van der Waals surface area contributed by atoms with Crippen molar-refractivity contribution in [1.82, 2.24) is 9.29 Å². The second kappa shape index (κ2) is 7.99. The molecule has 0 saturated heterocycles. The Morgan fingerprint density at radius 3 is 2.47 bits per heavy atom. The van der Waals surface area contributed by atoms with Gasteiger partial charge in [0.05, 0.1) is 28.6 Å². The lowest BCUT2D eigenvalue weighted by molar-refractivity contribution is 0.0546. The summed E-state index contributed by atoms with van der Waals surface area (Å²) in [4.78, 5) is 0.177. The molecule has 32 heavy (non-hydrogen) atoms. The van der Waals surface area contributed by atoms with E-state index in [1.54, 1.807) is 30.3 Å². The summed E-state index contributed by atoms with van der Waals surface area (Å²) < 4.78 is 44.7. The number of nitrogens with one attached hydrogen (secondary N) is 1. The van der Waals surface area contributed by atoms with Gasteiger partial charge < -0.3 is 9.67 Å². The van der Waals surface area contributed by atoms with Crippen molar-refractivity contribution < 1.29 is 17.9 Å². The van der Waals surface area contributed by atoms with Crippen molar-refractivity contribution in [2.45, 2.75) is 49.3 Å². The molecule has 0 bridgehead atoms. The molecule has 0 amide bonds. The molecule has 1 heterocycles. The zero-order chi connectivity index (χ0) is 22.5. The van der Waals surface area contributed by atoms with Gasteiger partial charge in [-0.2, -0.15) is 0 Å². The van der Waals surface area contributed by atoms with E-state index in [0.29, 0.717) is 18.4 Å². The van der Waals surface area contributed by atoms with Crippen molar-refractivity contribution in [3.63, 3.8) is 0 Å². The quantitative estimate of drug-likeness (QED) is 0.473. The van der Waals surface area contributed by atoms with Crippen LogP contribution in [0.2, 0.25) is 0 Å². The summed E-state index contributed by atoms with van der Waals surface area (Å²) in [5, 5.41) is 13.2. The molecule has 0 radical (unpaired) electrons. The van der Waals surface area contributed by atoms with Crippen molar-refractivity contribution in [3.05, 3.63) is 78.1 Å². The van der Waals surface area contributed by atoms with Crippen molar-refractivity contribution in [1.29, 1.82) is 0 Å². The highest BCUT2D eigenvalue weighted by molar-refractivity contribution is 7.89. The van der Waals surface area contributed by atoms with Crippen LogP contribution < -0.4 is 4.72 Å². The van der Waals surface area contributed by atoms with Crippen LogP contribution in [-0.4, -0.2) is 30.2 Å². The van der Waals surface area contributed by atoms with E-state index in [0.717, 1.165) is 28.3 Å². The molecule has 1 fully saturated rings. The predicted molar refractivity (Wildman–Crippen MR) is 124 cm³/mol. The van der Waals surface area contributed by atoms with Crippen LogP contribution in [0.4, 0.5) is 4.39 Å². The normalized spacial score (nSPS) is 21.9. The van der Waals surface area contributed by atoms with Gasteiger partial charge in [-0.1, -0.05) is 35.9 Å². The molecule has 7 heteroatoms. The molecule has 0 unspecified atom stereocenters. The van der Waals surface area contributed by atoms with E-state index in [4.69, 9.17) is 0 Å². The first-order chi connectivity index (χ1) is 15.3. The summed E-state index contributed by atoms with van der Waals surface area (Å²) in [6, 6.07) is 18.1. The third-order valence-electron chi connectivity index (χ3n) is 6.46. The highest BCUT2D eigenvalue weighted by Gasteiger charge is 2.37. The lowest BCUT2D eigenvalue weighted by Gasteiger charge is -2.36. The Bertz CT molecular complexity index is 1400. The third-order valence-corrected chi connectivity index (χ3v) is 7.97. The molecule has 1 aliphatic rings. The number of halogens is 1. The Hall–Kier alpha value is -2.74. The highest BCUT2D eigenvalue weighted by atomic mass is 32.2. The fraction of sp³-hybridized carbons (Fsp3) is 0.280. The lowest BCUT2D eigenvalue weighted by Crippen LogP contribution is -2.49. The predicted octanol–water partition coefficient (Wildman–Crippen LogP) is 4.68. The molecule has 3 aromatic carbocycles. The minimum absolute atomic E-state index is 0.177. The summed E-state index contributed by atoms with van der Waals surface area (Å²) in [6.45, 7) is 1.90. The van der Waals surface area contributed by atoms with Crippen molar-refractivity contribution in [3.8, 4) is 0 Å². The second-order valence-electron chi connectivity index (χ2n) is 8.58. The molecule has 0 spiro atoms. The smallest absolute Gasteiger partial charge is 0.240 e. The molecule has 1 saturated carbocycles. The zero-order valence-corrected chi connectivity index (χ0v) is 18.5. The highest BCUT2D eigenvalue weighted by Crippen LogP contribution is 2.38. The van der Waals surface area contributed by atoms with E-state index < -0.39 is 22.2 Å². The Morgan fingerprint density at radius 2 is 1.69 bits per heavy atom. The van der Waals surface area contributed by atoms with Crippen LogP contribution in [0.15, 0.2) is 71.6 Å². The molecular weight excluding hydrogens is 427 g/mol. The maximum absolute atomic E-state index is 14.2. The molecule has 2 N–H and O–H groups in total. The Labute approximate surface area is 186 Å². The number of hydrogen-bond donors (Lipinski definition) is 2. The van der Waals surface area contributed by atoms with Gasteiger partial charge in [-0.25, -0.2) is 17.5 Å². The molecular formula is C25H25FN2O3S. The van der Waals surface area contributed by atoms with E-state index in [-0.39, 0.29) is 16.8 Å². The molecule has 5 rings (SSSR count). The van der Waals surface area contributed by atoms with E-state index >= 15 is 0 Å². The van der Waals surface area contributed by atoms with Gasteiger partial charge in [0.1, 0.15) is 5.82 Å². The maximum atomic E-state index is 14.2. The molecule has 1 aliphatic carbocycles. The van der Waals surface area contributed by atoms with Gasteiger partial charge in [-0.3, -0.25) is 0 Å². The Kier molecular flexibility index (Phi) is 5.28. The molecule has 3 atom stereocenters. The molecule has 5 nitrogen and oxygen atoms in total. The van der Waals surface area contributed by atoms with Gasteiger partial charge in [-0.05, 0) is 62.6 Å². The van der Waals surface area contributed by atoms with E-state index in [9.17, 15) is 17.9 Å². The van der Waals surface area contributed by atoms with Crippen molar-refractivity contribution in [2.75, 3.05) is 0 Å². The third kappa shape index (κ3) is 3.60. The first-order valence-corrected chi connectivity index (χ1v) is 12.3. The van der Waals surface area contributed by atoms with Crippen LogP contribution in [0.25, 0.3) is 21.8 Å². The average molecular weight is 453 g/mol. The summed E-state index contributed by atoms with van der Waals surface area (Å²) in [5.41, 5.74) is 2.58. The zero-order valence-electron chi connectivity index (χ0n) is 17.7. The standard InChI is InChI=1S/C25H25FN2O3S/c1-16-9-12-18(13-10-16)32(30,31)27-21-6-4-8-23(25(21)29)28-22-7-3-2-5-19(22)20-14-11-17(26)15-24(20)28/h2-3,5,7,9-15,21,23,25,27,29H,4,6,8H2,1H3/t21-,23+,25+/m1/s1. The van der Waals surface area contributed by atoms with Crippen LogP contribution in [0, 0.1) is 12.7 Å². The van der Waals surface area contributed by atoms with E-state index in [1.165, 1.54) is 12.1 Å². The number of nitrogens with zero attached hydrogens (tertiary/aromatic N) is 1. The van der Waals surface area contributed by atoms with Gasteiger partial charge in [0, 0.05) is 16.3 Å². The maximum Gasteiger partial charge on any atom is 0.240 e. The number of aromatic nitrogens is 1. The molecule has 4 aromatic rings. The topological polar surface area (TPSA) is 71.3 Å². The van der Waals surface area contributed by atoms with Gasteiger partial charge in [0.15, 0.2) is 0 Å². The number of sulfonamides is 1. The van der Waals surface area contributed by atoms with Crippen molar-refractivity contribution >= 4 is 31.8 Å². The van der Waals surface area contributed by atoms with Crippen LogP contribution in [0.5, 0.6) is 0 Å². The molecule has 166 valence electrons.